The van der Waals surface area contributed by atoms with Crippen LogP contribution < -0.4 is 15.5 Å². The van der Waals surface area contributed by atoms with E-state index in [9.17, 15) is 19.2 Å². The number of aromatic amines is 1. The molecule has 0 fully saturated rings. The van der Waals surface area contributed by atoms with Crippen molar-refractivity contribution in [1.29, 1.82) is 0 Å². The monoisotopic (exact) mass is 537 g/mol. The van der Waals surface area contributed by atoms with E-state index in [2.05, 4.69) is 36.3 Å². The number of aliphatic imine (C=N–C) groups is 1. The maximum atomic E-state index is 13.9. The number of likely N-dealkylation sites (N-methyl/N-ethyl adjacent to an activating group) is 1. The van der Waals surface area contributed by atoms with Gasteiger partial charge in [0.1, 0.15) is 12.1 Å². The quantitative estimate of drug-likeness (QED) is 0.357. The van der Waals surface area contributed by atoms with Crippen molar-refractivity contribution in [2.75, 3.05) is 25.5 Å². The van der Waals surface area contributed by atoms with Gasteiger partial charge < -0.3 is 15.5 Å². The first-order valence-corrected chi connectivity index (χ1v) is 13.2. The lowest BCUT2D eigenvalue weighted by molar-refractivity contribution is -0.130. The molecule has 0 saturated heterocycles. The number of carbonyl (C=O) groups excluding carboxylic acids is 4. The largest absolute Gasteiger partial charge is 0.347 e. The minimum Gasteiger partial charge on any atom is -0.347 e. The van der Waals surface area contributed by atoms with Gasteiger partial charge in [-0.15, -0.1) is 10.2 Å². The average Bonchev–Trinajstić information content (AvgIpc) is 3.54. The van der Waals surface area contributed by atoms with E-state index in [1.807, 2.05) is 32.0 Å². The molecule has 0 saturated carbocycles. The third kappa shape index (κ3) is 6.36. The highest BCUT2D eigenvalue weighted by atomic mass is 16.2. The van der Waals surface area contributed by atoms with Crippen LogP contribution in [0.2, 0.25) is 0 Å². The van der Waals surface area contributed by atoms with Crippen LogP contribution in [0.1, 0.15) is 43.6 Å². The van der Waals surface area contributed by atoms with Crippen molar-refractivity contribution in [1.82, 2.24) is 36.2 Å². The van der Waals surface area contributed by atoms with Gasteiger partial charge in [-0.05, 0) is 44.0 Å². The van der Waals surface area contributed by atoms with Crippen LogP contribution in [0.5, 0.6) is 0 Å². The van der Waals surface area contributed by atoms with E-state index in [4.69, 9.17) is 0 Å². The molecule has 4 atom stereocenters. The smallest absolute Gasteiger partial charge is 0.259 e. The summed E-state index contributed by atoms with van der Waals surface area (Å²) in [6.45, 7) is 4.07. The van der Waals surface area contributed by atoms with Gasteiger partial charge in [0.2, 0.25) is 17.7 Å². The number of nitrogens with one attached hydrogen (secondary N) is 3. The van der Waals surface area contributed by atoms with Gasteiger partial charge in [0.05, 0.1) is 24.7 Å². The van der Waals surface area contributed by atoms with Crippen LogP contribution in [-0.2, 0) is 38.6 Å². The zero-order chi connectivity index (χ0) is 28.1. The summed E-state index contributed by atoms with van der Waals surface area (Å²) in [7, 11) is 3.54. The Hall–Kier alpha value is -4.00. The van der Waals surface area contributed by atoms with Gasteiger partial charge in [-0.1, -0.05) is 43.7 Å². The van der Waals surface area contributed by atoms with Crippen LogP contribution in [0, 0.1) is 11.8 Å². The van der Waals surface area contributed by atoms with E-state index in [-0.39, 0.29) is 42.6 Å². The van der Waals surface area contributed by atoms with Crippen LogP contribution in [0.4, 0.5) is 5.69 Å². The number of hydrogen-bond acceptors (Lipinski definition) is 8. The normalized spacial score (nSPS) is 20.0. The number of nitrogens with zero attached hydrogens (tertiary/aromatic N) is 6. The number of rotatable bonds is 10. The van der Waals surface area contributed by atoms with Crippen molar-refractivity contribution in [3.05, 3.63) is 35.2 Å². The predicted molar refractivity (Wildman–Crippen MR) is 143 cm³/mol. The van der Waals surface area contributed by atoms with Crippen LogP contribution in [-0.4, -0.2) is 88.1 Å². The number of tetrazole rings is 1. The molecule has 3 heterocycles. The third-order valence-corrected chi connectivity index (χ3v) is 7.23. The van der Waals surface area contributed by atoms with E-state index in [0.717, 1.165) is 16.8 Å². The number of carbonyl (C=O) groups is 4. The second kappa shape index (κ2) is 12.2. The number of benzene rings is 1. The maximum Gasteiger partial charge on any atom is 0.259 e. The van der Waals surface area contributed by atoms with Gasteiger partial charge >= 0.3 is 0 Å². The van der Waals surface area contributed by atoms with Gasteiger partial charge in [-0.3, -0.25) is 24.1 Å². The molecule has 0 radical (unpaired) electrons. The topological polar surface area (TPSA) is 166 Å². The van der Waals surface area contributed by atoms with Crippen molar-refractivity contribution < 1.29 is 19.2 Å². The first kappa shape index (κ1) is 28.0. The fourth-order valence-electron chi connectivity index (χ4n) is 4.99. The second-order valence-corrected chi connectivity index (χ2v) is 10.3. The molecule has 1 aromatic carbocycles. The standard InChI is InChI=1S/C26H35N9O4/c1-5-15(2)18(12-27-22(36)14-34(3)4)24(37)29-19-10-9-16-7-6-8-17-11-20(35(23(16)17)26(19)39)25(38)28-13-21-30-32-33-31-21/h6-8,12,15,18-20H,5,9-11,13-14H2,1-4H3,(H,28,38)(H,29,37)(H,30,31,32,33)/t15-,18?,19-,20?/m0/s1. The summed E-state index contributed by atoms with van der Waals surface area (Å²) in [6, 6.07) is 4.20. The first-order valence-electron chi connectivity index (χ1n) is 13.2. The van der Waals surface area contributed by atoms with Crippen molar-refractivity contribution in [3.8, 4) is 0 Å². The van der Waals surface area contributed by atoms with E-state index in [1.54, 1.807) is 19.0 Å². The lowest BCUT2D eigenvalue weighted by Crippen LogP contribution is -2.55. The van der Waals surface area contributed by atoms with Crippen molar-refractivity contribution in [2.45, 2.75) is 58.2 Å². The summed E-state index contributed by atoms with van der Waals surface area (Å²) >= 11 is 0. The van der Waals surface area contributed by atoms with Crippen LogP contribution >= 0.6 is 0 Å². The third-order valence-electron chi connectivity index (χ3n) is 7.23. The molecule has 0 spiro atoms. The Morgan fingerprint density at radius 1 is 1.28 bits per heavy atom. The Kier molecular flexibility index (Phi) is 8.79. The zero-order valence-electron chi connectivity index (χ0n) is 22.7. The van der Waals surface area contributed by atoms with Crippen LogP contribution in [0.15, 0.2) is 23.2 Å². The Morgan fingerprint density at radius 3 is 2.74 bits per heavy atom. The number of aryl methyl sites for hydroxylation is 1. The maximum absolute atomic E-state index is 13.9. The molecule has 0 bridgehead atoms. The molecular weight excluding hydrogens is 502 g/mol. The number of aromatic nitrogens is 4. The molecule has 2 unspecified atom stereocenters. The minimum absolute atomic E-state index is 0.0691. The molecule has 3 N–H and O–H groups in total. The van der Waals surface area contributed by atoms with E-state index in [1.165, 1.54) is 11.1 Å². The molecule has 4 rings (SSSR count). The summed E-state index contributed by atoms with van der Waals surface area (Å²) in [6.07, 6.45) is 3.40. The minimum atomic E-state index is -0.833. The van der Waals surface area contributed by atoms with Crippen LogP contribution in [0.25, 0.3) is 0 Å². The molecule has 208 valence electrons. The van der Waals surface area contributed by atoms with Gasteiger partial charge in [-0.25, -0.2) is 4.99 Å². The first-order chi connectivity index (χ1) is 18.7. The van der Waals surface area contributed by atoms with Crippen molar-refractivity contribution in [2.24, 2.45) is 16.8 Å². The number of anilines is 1. The highest BCUT2D eigenvalue weighted by Gasteiger charge is 2.44. The molecule has 2 aliphatic heterocycles. The van der Waals surface area contributed by atoms with Gasteiger partial charge in [0.25, 0.3) is 5.91 Å². The average molecular weight is 538 g/mol. The number of hydrogen-bond donors (Lipinski definition) is 3. The summed E-state index contributed by atoms with van der Waals surface area (Å²) in [5.41, 5.74) is 2.62. The highest BCUT2D eigenvalue weighted by Crippen LogP contribution is 2.39. The lowest BCUT2D eigenvalue weighted by atomic mass is 9.91. The van der Waals surface area contributed by atoms with Gasteiger partial charge in [0, 0.05) is 12.6 Å². The molecule has 39 heavy (non-hydrogen) atoms. The molecule has 2 aliphatic rings. The molecule has 0 aliphatic carbocycles. The van der Waals surface area contributed by atoms with Crippen molar-refractivity contribution in [3.63, 3.8) is 0 Å². The molecule has 13 heteroatoms. The Bertz CT molecular complexity index is 1240. The summed E-state index contributed by atoms with van der Waals surface area (Å²) < 4.78 is 0. The van der Waals surface area contributed by atoms with E-state index in [0.29, 0.717) is 31.5 Å². The van der Waals surface area contributed by atoms with Crippen molar-refractivity contribution >= 4 is 35.5 Å². The second-order valence-electron chi connectivity index (χ2n) is 10.3. The SMILES string of the molecule is CC[C@H](C)C(C=NC(=O)CN(C)C)C(=O)N[C@H]1CCc2cccc3c2N(C1=O)C(C(=O)NCc1nn[nH]n1)C3. The number of para-hydroxylation sites is 1. The lowest BCUT2D eigenvalue weighted by Gasteiger charge is -2.29. The van der Waals surface area contributed by atoms with E-state index >= 15 is 0 Å². The Morgan fingerprint density at radius 2 is 2.05 bits per heavy atom. The summed E-state index contributed by atoms with van der Waals surface area (Å²) in [4.78, 5) is 59.9. The fraction of sp³-hybridized carbons (Fsp3) is 0.538. The summed E-state index contributed by atoms with van der Waals surface area (Å²) in [5, 5.41) is 19.2. The van der Waals surface area contributed by atoms with E-state index < -0.39 is 18.0 Å². The number of amides is 4. The highest BCUT2D eigenvalue weighted by molar-refractivity contribution is 6.08. The molecule has 13 nitrogen and oxygen atoms in total. The molecule has 1 aromatic heterocycles. The molecular formula is C26H35N9O4. The van der Waals surface area contributed by atoms with Gasteiger partial charge in [0.15, 0.2) is 5.82 Å². The number of H-pyrrole nitrogens is 1. The van der Waals surface area contributed by atoms with Gasteiger partial charge in [-0.2, -0.15) is 5.21 Å². The Labute approximate surface area is 226 Å². The molecule has 2 aromatic rings. The van der Waals surface area contributed by atoms with Crippen LogP contribution in [0.3, 0.4) is 0 Å². The summed E-state index contributed by atoms with van der Waals surface area (Å²) in [5.74, 6) is -1.84. The predicted octanol–water partition coefficient (Wildman–Crippen LogP) is 0.0261. The fourth-order valence-corrected chi connectivity index (χ4v) is 4.99. The Balaban J connectivity index is 1.53. The molecule has 4 amide bonds. The zero-order valence-corrected chi connectivity index (χ0v) is 22.7.